The van der Waals surface area contributed by atoms with E-state index in [0.717, 1.165) is 43.0 Å². The van der Waals surface area contributed by atoms with Crippen molar-refractivity contribution >= 4 is 23.9 Å². The van der Waals surface area contributed by atoms with Crippen LogP contribution in [0.15, 0.2) is 53.1 Å². The van der Waals surface area contributed by atoms with Crippen LogP contribution in [-0.2, 0) is 0 Å². The predicted octanol–water partition coefficient (Wildman–Crippen LogP) is 4.07. The lowest BCUT2D eigenvalue weighted by Gasteiger charge is -2.36. The fraction of sp³-hybridized carbons (Fsp3) is 0.292. The average molecular weight is 418 g/mol. The van der Waals surface area contributed by atoms with Gasteiger partial charge in [0.2, 0.25) is 5.82 Å². The molecule has 7 nitrogen and oxygen atoms in total. The molecule has 7 heteroatoms. The van der Waals surface area contributed by atoms with Crippen molar-refractivity contribution in [3.05, 3.63) is 65.5 Å². The molecule has 0 unspecified atom stereocenters. The number of anilines is 1. The standard InChI is InChI=1S/C24H27N5O2/c1-3-25-24(30)29-16-14-28(15-17-29)21-11-9-20(10-12-21)23-26-22(31-27-23)13-8-19-6-4-18(2)5-7-19/h4-13H,3,14-17H2,1-2H3,(H,25,30). The van der Waals surface area contributed by atoms with Gasteiger partial charge in [0.15, 0.2) is 0 Å². The second-order valence-corrected chi connectivity index (χ2v) is 7.56. The van der Waals surface area contributed by atoms with E-state index in [1.165, 1.54) is 5.56 Å². The number of aryl methyl sites for hydroxylation is 1. The Hall–Kier alpha value is -3.61. The Labute approximate surface area is 182 Å². The number of carbonyl (C=O) groups excluding carboxylic acids is 1. The zero-order valence-electron chi connectivity index (χ0n) is 17.9. The van der Waals surface area contributed by atoms with Gasteiger partial charge in [0.1, 0.15) is 0 Å². The van der Waals surface area contributed by atoms with Gasteiger partial charge in [-0.15, -0.1) is 0 Å². The molecule has 2 aromatic carbocycles. The minimum atomic E-state index is 0.0156. The quantitative estimate of drug-likeness (QED) is 0.677. The van der Waals surface area contributed by atoms with Gasteiger partial charge < -0.3 is 19.6 Å². The highest BCUT2D eigenvalue weighted by Gasteiger charge is 2.20. The van der Waals surface area contributed by atoms with Crippen molar-refractivity contribution in [3.63, 3.8) is 0 Å². The number of hydrogen-bond donors (Lipinski definition) is 1. The van der Waals surface area contributed by atoms with Crippen molar-refractivity contribution in [2.75, 3.05) is 37.6 Å². The number of hydrogen-bond acceptors (Lipinski definition) is 5. The van der Waals surface area contributed by atoms with Gasteiger partial charge in [-0.3, -0.25) is 0 Å². The first-order valence-corrected chi connectivity index (χ1v) is 10.6. The van der Waals surface area contributed by atoms with Gasteiger partial charge in [-0.25, -0.2) is 4.79 Å². The molecule has 160 valence electrons. The summed E-state index contributed by atoms with van der Waals surface area (Å²) in [7, 11) is 0. The summed E-state index contributed by atoms with van der Waals surface area (Å²) in [6, 6.07) is 16.4. The van der Waals surface area contributed by atoms with Crippen molar-refractivity contribution in [1.82, 2.24) is 20.4 Å². The van der Waals surface area contributed by atoms with E-state index < -0.39 is 0 Å². The first kappa shape index (κ1) is 20.7. The molecule has 1 aromatic heterocycles. The Bertz CT molecular complexity index is 1030. The van der Waals surface area contributed by atoms with Crippen LogP contribution in [0.1, 0.15) is 23.9 Å². The largest absolute Gasteiger partial charge is 0.368 e. The third kappa shape index (κ3) is 5.12. The lowest BCUT2D eigenvalue weighted by atomic mass is 10.1. The summed E-state index contributed by atoms with van der Waals surface area (Å²) in [5, 5.41) is 6.96. The summed E-state index contributed by atoms with van der Waals surface area (Å²) in [4.78, 5) is 20.6. The summed E-state index contributed by atoms with van der Waals surface area (Å²) in [6.07, 6.45) is 3.78. The van der Waals surface area contributed by atoms with Gasteiger partial charge in [0.05, 0.1) is 0 Å². The molecule has 0 bridgehead atoms. The number of nitrogens with zero attached hydrogens (tertiary/aromatic N) is 4. The van der Waals surface area contributed by atoms with Crippen LogP contribution in [0.2, 0.25) is 0 Å². The Kier molecular flexibility index (Phi) is 6.31. The minimum Gasteiger partial charge on any atom is -0.368 e. The molecule has 31 heavy (non-hydrogen) atoms. The van der Waals surface area contributed by atoms with E-state index in [2.05, 4.69) is 63.7 Å². The fourth-order valence-corrected chi connectivity index (χ4v) is 3.52. The van der Waals surface area contributed by atoms with Gasteiger partial charge in [-0.2, -0.15) is 4.98 Å². The van der Waals surface area contributed by atoms with Crippen LogP contribution < -0.4 is 10.2 Å². The van der Waals surface area contributed by atoms with E-state index in [0.29, 0.717) is 18.3 Å². The summed E-state index contributed by atoms with van der Waals surface area (Å²) >= 11 is 0. The maximum absolute atomic E-state index is 12.0. The number of piperazine rings is 1. The predicted molar refractivity (Wildman–Crippen MR) is 123 cm³/mol. The molecule has 0 aliphatic carbocycles. The molecular formula is C24H27N5O2. The Balaban J connectivity index is 1.37. The maximum Gasteiger partial charge on any atom is 0.317 e. The molecule has 0 spiro atoms. The number of nitrogens with one attached hydrogen (secondary N) is 1. The molecule has 1 aliphatic heterocycles. The highest BCUT2D eigenvalue weighted by molar-refractivity contribution is 5.74. The third-order valence-electron chi connectivity index (χ3n) is 5.32. The van der Waals surface area contributed by atoms with E-state index in [1.54, 1.807) is 0 Å². The molecule has 2 heterocycles. The van der Waals surface area contributed by atoms with Crippen LogP contribution in [0.25, 0.3) is 23.5 Å². The molecule has 1 fully saturated rings. The van der Waals surface area contributed by atoms with Gasteiger partial charge in [0.25, 0.3) is 5.89 Å². The first-order chi connectivity index (χ1) is 15.1. The molecular weight excluding hydrogens is 390 g/mol. The second-order valence-electron chi connectivity index (χ2n) is 7.56. The molecule has 4 rings (SSSR count). The van der Waals surface area contributed by atoms with E-state index in [1.807, 2.05) is 36.1 Å². The van der Waals surface area contributed by atoms with Crippen LogP contribution >= 0.6 is 0 Å². The lowest BCUT2D eigenvalue weighted by Crippen LogP contribution is -2.51. The monoisotopic (exact) mass is 417 g/mol. The summed E-state index contributed by atoms with van der Waals surface area (Å²) < 4.78 is 5.36. The van der Waals surface area contributed by atoms with E-state index in [4.69, 9.17) is 4.52 Å². The minimum absolute atomic E-state index is 0.0156. The van der Waals surface area contributed by atoms with Crippen LogP contribution in [0.5, 0.6) is 0 Å². The van der Waals surface area contributed by atoms with Crippen molar-refractivity contribution in [2.24, 2.45) is 0 Å². The van der Waals surface area contributed by atoms with E-state index >= 15 is 0 Å². The Morgan fingerprint density at radius 2 is 1.74 bits per heavy atom. The Morgan fingerprint density at radius 1 is 1.03 bits per heavy atom. The second kappa shape index (κ2) is 9.47. The number of amides is 2. The molecule has 1 aliphatic rings. The highest BCUT2D eigenvalue weighted by atomic mass is 16.5. The molecule has 0 radical (unpaired) electrons. The first-order valence-electron chi connectivity index (χ1n) is 10.6. The molecule has 2 amide bonds. The number of urea groups is 1. The zero-order valence-corrected chi connectivity index (χ0v) is 17.9. The smallest absolute Gasteiger partial charge is 0.317 e. The van der Waals surface area contributed by atoms with Gasteiger partial charge in [0, 0.05) is 50.1 Å². The van der Waals surface area contributed by atoms with Crippen LogP contribution in [0.3, 0.4) is 0 Å². The molecule has 1 N–H and O–H groups in total. The summed E-state index contributed by atoms with van der Waals surface area (Å²) in [6.45, 7) is 7.71. The number of rotatable bonds is 5. The third-order valence-corrected chi connectivity index (χ3v) is 5.32. The van der Waals surface area contributed by atoms with Crippen molar-refractivity contribution in [1.29, 1.82) is 0 Å². The maximum atomic E-state index is 12.0. The molecule has 3 aromatic rings. The lowest BCUT2D eigenvalue weighted by molar-refractivity contribution is 0.195. The topological polar surface area (TPSA) is 74.5 Å². The van der Waals surface area contributed by atoms with Gasteiger partial charge in [-0.1, -0.05) is 35.0 Å². The van der Waals surface area contributed by atoms with E-state index in [-0.39, 0.29) is 6.03 Å². The van der Waals surface area contributed by atoms with Gasteiger partial charge >= 0.3 is 6.03 Å². The van der Waals surface area contributed by atoms with Crippen molar-refractivity contribution in [2.45, 2.75) is 13.8 Å². The van der Waals surface area contributed by atoms with Crippen molar-refractivity contribution in [3.8, 4) is 11.4 Å². The Morgan fingerprint density at radius 3 is 2.42 bits per heavy atom. The molecule has 0 atom stereocenters. The molecule has 1 saturated heterocycles. The van der Waals surface area contributed by atoms with Crippen LogP contribution in [-0.4, -0.2) is 53.8 Å². The van der Waals surface area contributed by atoms with Crippen molar-refractivity contribution < 1.29 is 9.32 Å². The fourth-order valence-electron chi connectivity index (χ4n) is 3.52. The number of benzene rings is 2. The number of carbonyl (C=O) groups is 1. The van der Waals surface area contributed by atoms with E-state index in [9.17, 15) is 4.79 Å². The van der Waals surface area contributed by atoms with Crippen LogP contribution in [0.4, 0.5) is 10.5 Å². The SMILES string of the molecule is CCNC(=O)N1CCN(c2ccc(-c3noc(C=Cc4ccc(C)cc4)n3)cc2)CC1. The van der Waals surface area contributed by atoms with Gasteiger partial charge in [-0.05, 0) is 49.8 Å². The highest BCUT2D eigenvalue weighted by Crippen LogP contribution is 2.22. The summed E-state index contributed by atoms with van der Waals surface area (Å²) in [5.74, 6) is 1.04. The number of aromatic nitrogens is 2. The van der Waals surface area contributed by atoms with Crippen LogP contribution in [0, 0.1) is 6.92 Å². The molecule has 0 saturated carbocycles. The zero-order chi connectivity index (χ0) is 21.6. The summed E-state index contributed by atoms with van der Waals surface area (Å²) in [5.41, 5.74) is 4.34. The average Bonchev–Trinajstić information content (AvgIpc) is 3.28. The normalized spacial score (nSPS) is 14.3.